The summed E-state index contributed by atoms with van der Waals surface area (Å²) in [6, 6.07) is 9.01. The predicted octanol–water partition coefficient (Wildman–Crippen LogP) is 4.08. The summed E-state index contributed by atoms with van der Waals surface area (Å²) in [5, 5.41) is 8.95. The van der Waals surface area contributed by atoms with Crippen LogP contribution in [0.4, 0.5) is 13.2 Å². The van der Waals surface area contributed by atoms with E-state index in [4.69, 9.17) is 9.84 Å². The van der Waals surface area contributed by atoms with Crippen LogP contribution in [0.5, 0.6) is 5.75 Å². The molecule has 0 aliphatic heterocycles. The van der Waals surface area contributed by atoms with E-state index < -0.39 is 17.7 Å². The highest BCUT2D eigenvalue weighted by Gasteiger charge is 2.31. The fraction of sp³-hybridized carbons (Fsp3) is 0.133. The Balaban J connectivity index is 2.54. The van der Waals surface area contributed by atoms with Crippen LogP contribution < -0.4 is 4.74 Å². The van der Waals surface area contributed by atoms with Gasteiger partial charge in [0.15, 0.2) is 0 Å². The van der Waals surface area contributed by atoms with E-state index in [1.54, 1.807) is 6.07 Å². The number of carboxylic acids is 1. The van der Waals surface area contributed by atoms with E-state index >= 15 is 0 Å². The van der Waals surface area contributed by atoms with E-state index in [9.17, 15) is 18.0 Å². The van der Waals surface area contributed by atoms with Crippen LogP contribution in [-0.4, -0.2) is 18.2 Å². The van der Waals surface area contributed by atoms with Crippen molar-refractivity contribution in [3.63, 3.8) is 0 Å². The number of aromatic carboxylic acids is 1. The molecule has 2 rings (SSSR count). The molecular weight excluding hydrogens is 285 g/mol. The number of methoxy groups -OCH3 is 1. The molecule has 0 amide bonds. The molecule has 2 aromatic carbocycles. The van der Waals surface area contributed by atoms with Crippen molar-refractivity contribution in [3.8, 4) is 16.9 Å². The van der Waals surface area contributed by atoms with Crippen LogP contribution in [0.25, 0.3) is 11.1 Å². The Morgan fingerprint density at radius 1 is 1.14 bits per heavy atom. The standard InChI is InChI=1S/C15H11F3O3/c1-21-13-8-11(15(16,17)18)5-6-12(13)9-3-2-4-10(7-9)14(19)20/h2-8H,1H3,(H,19,20). The van der Waals surface area contributed by atoms with Crippen molar-refractivity contribution in [2.24, 2.45) is 0 Å². The summed E-state index contributed by atoms with van der Waals surface area (Å²) >= 11 is 0. The Hall–Kier alpha value is -2.50. The monoisotopic (exact) mass is 296 g/mol. The maximum Gasteiger partial charge on any atom is 0.416 e. The summed E-state index contributed by atoms with van der Waals surface area (Å²) < 4.78 is 43.0. The van der Waals surface area contributed by atoms with Crippen molar-refractivity contribution in [1.29, 1.82) is 0 Å². The number of rotatable bonds is 3. The predicted molar refractivity (Wildman–Crippen MR) is 70.4 cm³/mol. The van der Waals surface area contributed by atoms with E-state index in [0.29, 0.717) is 11.1 Å². The van der Waals surface area contributed by atoms with Gasteiger partial charge in [-0.15, -0.1) is 0 Å². The topological polar surface area (TPSA) is 46.5 Å². The van der Waals surface area contributed by atoms with Crippen LogP contribution in [0.15, 0.2) is 42.5 Å². The van der Waals surface area contributed by atoms with Crippen molar-refractivity contribution >= 4 is 5.97 Å². The van der Waals surface area contributed by atoms with Gasteiger partial charge in [-0.05, 0) is 29.8 Å². The lowest BCUT2D eigenvalue weighted by molar-refractivity contribution is -0.137. The van der Waals surface area contributed by atoms with Gasteiger partial charge < -0.3 is 9.84 Å². The van der Waals surface area contributed by atoms with E-state index in [2.05, 4.69) is 0 Å². The number of halogens is 3. The van der Waals surface area contributed by atoms with Gasteiger partial charge in [0, 0.05) is 5.56 Å². The van der Waals surface area contributed by atoms with Gasteiger partial charge in [-0.25, -0.2) is 4.79 Å². The molecule has 0 spiro atoms. The molecule has 0 unspecified atom stereocenters. The number of carboxylic acid groups (broad SMARTS) is 1. The molecule has 21 heavy (non-hydrogen) atoms. The second kappa shape index (κ2) is 5.47. The molecule has 0 aliphatic rings. The SMILES string of the molecule is COc1cc(C(F)(F)F)ccc1-c1cccc(C(=O)O)c1. The van der Waals surface area contributed by atoms with Gasteiger partial charge in [-0.1, -0.05) is 18.2 Å². The molecule has 2 aromatic rings. The molecule has 0 saturated carbocycles. The first kappa shape index (κ1) is 14.9. The molecule has 0 aliphatic carbocycles. The largest absolute Gasteiger partial charge is 0.496 e. The van der Waals surface area contributed by atoms with E-state index in [1.165, 1.54) is 31.4 Å². The minimum absolute atomic E-state index is 0.0346. The molecule has 3 nitrogen and oxygen atoms in total. The summed E-state index contributed by atoms with van der Waals surface area (Å²) in [4.78, 5) is 10.9. The lowest BCUT2D eigenvalue weighted by atomic mass is 10.0. The van der Waals surface area contributed by atoms with Gasteiger partial charge in [0.25, 0.3) is 0 Å². The fourth-order valence-electron chi connectivity index (χ4n) is 1.93. The lowest BCUT2D eigenvalue weighted by Crippen LogP contribution is -2.05. The Morgan fingerprint density at radius 2 is 1.86 bits per heavy atom. The summed E-state index contributed by atoms with van der Waals surface area (Å²) in [5.74, 6) is -1.07. The van der Waals surface area contributed by atoms with Crippen molar-refractivity contribution in [2.45, 2.75) is 6.18 Å². The van der Waals surface area contributed by atoms with E-state index in [-0.39, 0.29) is 11.3 Å². The average molecular weight is 296 g/mol. The quantitative estimate of drug-likeness (QED) is 0.928. The van der Waals surface area contributed by atoms with Crippen molar-refractivity contribution in [2.75, 3.05) is 7.11 Å². The zero-order chi connectivity index (χ0) is 15.6. The molecule has 110 valence electrons. The highest BCUT2D eigenvalue weighted by Crippen LogP contribution is 2.37. The van der Waals surface area contributed by atoms with Gasteiger partial charge in [0.05, 0.1) is 18.2 Å². The van der Waals surface area contributed by atoms with Gasteiger partial charge in [-0.3, -0.25) is 0 Å². The highest BCUT2D eigenvalue weighted by molar-refractivity contribution is 5.89. The van der Waals surface area contributed by atoms with Crippen LogP contribution in [0.3, 0.4) is 0 Å². The van der Waals surface area contributed by atoms with Crippen LogP contribution in [0.2, 0.25) is 0 Å². The van der Waals surface area contributed by atoms with Crippen molar-refractivity contribution < 1.29 is 27.8 Å². The normalized spacial score (nSPS) is 11.2. The third-order valence-electron chi connectivity index (χ3n) is 2.95. The first-order chi connectivity index (χ1) is 9.82. The van der Waals surface area contributed by atoms with Crippen molar-refractivity contribution in [1.82, 2.24) is 0 Å². The molecule has 0 saturated heterocycles. The number of benzene rings is 2. The van der Waals surface area contributed by atoms with Crippen LogP contribution >= 0.6 is 0 Å². The van der Waals surface area contributed by atoms with Gasteiger partial charge in [0.2, 0.25) is 0 Å². The summed E-state index contributed by atoms with van der Waals surface area (Å²) in [5.41, 5.74) is 0.0982. The summed E-state index contributed by atoms with van der Waals surface area (Å²) in [7, 11) is 1.26. The molecule has 6 heteroatoms. The minimum Gasteiger partial charge on any atom is -0.496 e. The summed E-state index contributed by atoms with van der Waals surface area (Å²) in [6.07, 6.45) is -4.46. The number of alkyl halides is 3. The summed E-state index contributed by atoms with van der Waals surface area (Å²) in [6.45, 7) is 0. The molecule has 0 radical (unpaired) electrons. The van der Waals surface area contributed by atoms with Crippen LogP contribution in [-0.2, 0) is 6.18 Å². The number of ether oxygens (including phenoxy) is 1. The second-order valence-corrected chi connectivity index (χ2v) is 4.30. The zero-order valence-corrected chi connectivity index (χ0v) is 10.9. The third-order valence-corrected chi connectivity index (χ3v) is 2.95. The fourth-order valence-corrected chi connectivity index (χ4v) is 1.93. The second-order valence-electron chi connectivity index (χ2n) is 4.30. The van der Waals surface area contributed by atoms with Gasteiger partial charge in [0.1, 0.15) is 5.75 Å². The van der Waals surface area contributed by atoms with Crippen LogP contribution in [0, 0.1) is 0 Å². The lowest BCUT2D eigenvalue weighted by Gasteiger charge is -2.13. The minimum atomic E-state index is -4.46. The van der Waals surface area contributed by atoms with Crippen LogP contribution in [0.1, 0.15) is 15.9 Å². The Labute approximate surface area is 118 Å². The maximum absolute atomic E-state index is 12.7. The molecule has 0 atom stereocenters. The van der Waals surface area contributed by atoms with Crippen molar-refractivity contribution in [3.05, 3.63) is 53.6 Å². The molecule has 0 fully saturated rings. The Kier molecular flexibility index (Phi) is 3.88. The number of hydrogen-bond donors (Lipinski definition) is 1. The Morgan fingerprint density at radius 3 is 2.43 bits per heavy atom. The maximum atomic E-state index is 12.7. The molecule has 1 N–H and O–H groups in total. The molecule has 0 aromatic heterocycles. The molecule has 0 heterocycles. The molecular formula is C15H11F3O3. The zero-order valence-electron chi connectivity index (χ0n) is 10.9. The van der Waals surface area contributed by atoms with E-state index in [1.807, 2.05) is 0 Å². The average Bonchev–Trinajstić information content (AvgIpc) is 2.45. The Bertz CT molecular complexity index is 678. The van der Waals surface area contributed by atoms with Gasteiger partial charge >= 0.3 is 12.1 Å². The third kappa shape index (κ3) is 3.16. The number of hydrogen-bond acceptors (Lipinski definition) is 2. The van der Waals surface area contributed by atoms with Gasteiger partial charge in [-0.2, -0.15) is 13.2 Å². The first-order valence-electron chi connectivity index (χ1n) is 5.92. The first-order valence-corrected chi connectivity index (χ1v) is 5.92. The number of carbonyl (C=O) groups is 1. The van der Waals surface area contributed by atoms with E-state index in [0.717, 1.165) is 12.1 Å². The highest BCUT2D eigenvalue weighted by atomic mass is 19.4. The molecule has 0 bridgehead atoms. The smallest absolute Gasteiger partial charge is 0.416 e.